The van der Waals surface area contributed by atoms with E-state index in [4.69, 9.17) is 15.8 Å². The number of Topliss-reactive ketones (excluding diaryl/α,β-unsaturated/α-hetero) is 1. The molecule has 0 atom stereocenters. The zero-order chi connectivity index (χ0) is 13.3. The van der Waals surface area contributed by atoms with Gasteiger partial charge in [0.05, 0.1) is 9.13 Å². The number of carbonyl (C=O) groups excluding carboxylic acids is 1. The minimum absolute atomic E-state index is 0.0294. The van der Waals surface area contributed by atoms with Gasteiger partial charge in [-0.1, -0.05) is 0 Å². The summed E-state index contributed by atoms with van der Waals surface area (Å²) in [5.74, 6) is -3.86. The number of halogens is 2. The lowest BCUT2D eigenvalue weighted by Crippen LogP contribution is -2.34. The fourth-order valence-corrected chi connectivity index (χ4v) is 2.17. The van der Waals surface area contributed by atoms with Crippen LogP contribution in [-0.4, -0.2) is 11.6 Å². The van der Waals surface area contributed by atoms with Crippen molar-refractivity contribution in [2.24, 2.45) is 10.2 Å². The van der Waals surface area contributed by atoms with Crippen LogP contribution in [0.5, 0.6) is 5.75 Å². The van der Waals surface area contributed by atoms with E-state index in [0.29, 0.717) is 3.57 Å². The van der Waals surface area contributed by atoms with Gasteiger partial charge in [-0.05, 0) is 56.0 Å². The van der Waals surface area contributed by atoms with E-state index in [1.54, 1.807) is 22.6 Å². The SMILES string of the molecule is [N-]=[N+]=NC1(N=[N+]=[N-])Oc2c(I)cc(F)cc2C1=O. The molecular formula is C8H2FIN6O2. The van der Waals surface area contributed by atoms with Crippen LogP contribution in [0.4, 0.5) is 4.39 Å². The lowest BCUT2D eigenvalue weighted by molar-refractivity contribution is 0.0608. The Kier molecular flexibility index (Phi) is 2.99. The first-order valence-corrected chi connectivity index (χ1v) is 5.47. The van der Waals surface area contributed by atoms with Gasteiger partial charge in [-0.15, -0.1) is 0 Å². The minimum atomic E-state index is -2.35. The van der Waals surface area contributed by atoms with E-state index in [2.05, 4.69) is 20.1 Å². The van der Waals surface area contributed by atoms with Crippen LogP contribution in [-0.2, 0) is 0 Å². The molecule has 0 aromatic heterocycles. The molecule has 8 nitrogen and oxygen atoms in total. The predicted molar refractivity (Wildman–Crippen MR) is 65.1 cm³/mol. The lowest BCUT2D eigenvalue weighted by Gasteiger charge is -2.14. The van der Waals surface area contributed by atoms with Crippen molar-refractivity contribution >= 4 is 28.4 Å². The van der Waals surface area contributed by atoms with Gasteiger partial charge in [0.15, 0.2) is 0 Å². The Morgan fingerprint density at radius 3 is 2.50 bits per heavy atom. The van der Waals surface area contributed by atoms with Gasteiger partial charge >= 0.3 is 5.85 Å². The second-order valence-corrected chi connectivity index (χ2v) is 4.34. The quantitative estimate of drug-likeness (QED) is 0.348. The van der Waals surface area contributed by atoms with Gasteiger partial charge in [0.1, 0.15) is 11.6 Å². The van der Waals surface area contributed by atoms with Crippen LogP contribution in [0.15, 0.2) is 22.4 Å². The van der Waals surface area contributed by atoms with Gasteiger partial charge in [0.2, 0.25) is 5.78 Å². The van der Waals surface area contributed by atoms with E-state index >= 15 is 0 Å². The average Bonchev–Trinajstić information content (AvgIpc) is 2.56. The van der Waals surface area contributed by atoms with Crippen LogP contribution >= 0.6 is 22.6 Å². The molecule has 0 aliphatic carbocycles. The number of ether oxygens (including phenoxy) is 1. The highest BCUT2D eigenvalue weighted by atomic mass is 127. The molecule has 18 heavy (non-hydrogen) atoms. The molecule has 0 bridgehead atoms. The summed E-state index contributed by atoms with van der Waals surface area (Å²) in [6, 6.07) is 2.07. The Balaban J connectivity index is 2.69. The Morgan fingerprint density at radius 2 is 1.94 bits per heavy atom. The van der Waals surface area contributed by atoms with Gasteiger partial charge in [-0.3, -0.25) is 4.79 Å². The molecule has 0 unspecified atom stereocenters. The minimum Gasteiger partial charge on any atom is -0.465 e. The summed E-state index contributed by atoms with van der Waals surface area (Å²) < 4.78 is 18.6. The molecule has 2 rings (SSSR count). The second kappa shape index (κ2) is 4.33. The molecule has 0 fully saturated rings. The molecule has 1 aliphatic heterocycles. The number of rotatable bonds is 2. The highest BCUT2D eigenvalue weighted by Crippen LogP contribution is 2.40. The largest absolute Gasteiger partial charge is 0.465 e. The molecule has 0 spiro atoms. The van der Waals surface area contributed by atoms with Crippen molar-refractivity contribution in [2.45, 2.75) is 5.85 Å². The molecular weight excluding hydrogens is 358 g/mol. The fourth-order valence-electron chi connectivity index (χ4n) is 1.47. The van der Waals surface area contributed by atoms with E-state index in [-0.39, 0.29) is 11.3 Å². The predicted octanol–water partition coefficient (Wildman–Crippen LogP) is 3.28. The van der Waals surface area contributed by atoms with E-state index in [0.717, 1.165) is 12.1 Å². The van der Waals surface area contributed by atoms with Gasteiger partial charge in [-0.25, -0.2) is 4.39 Å². The third kappa shape index (κ3) is 1.72. The smallest absolute Gasteiger partial charge is 0.328 e. The number of benzene rings is 1. The van der Waals surface area contributed by atoms with Gasteiger partial charge in [-0.2, -0.15) is 0 Å². The Labute approximate surface area is 112 Å². The van der Waals surface area contributed by atoms with Crippen molar-refractivity contribution in [3.8, 4) is 5.75 Å². The van der Waals surface area contributed by atoms with Crippen molar-refractivity contribution < 1.29 is 13.9 Å². The third-order valence-electron chi connectivity index (χ3n) is 2.15. The fraction of sp³-hybridized carbons (Fsp3) is 0.125. The summed E-state index contributed by atoms with van der Waals surface area (Å²) in [6.45, 7) is 0. The first-order valence-electron chi connectivity index (χ1n) is 4.39. The van der Waals surface area contributed by atoms with Crippen LogP contribution in [0.25, 0.3) is 20.9 Å². The normalized spacial score (nSPS) is 20.4. The Hall–Kier alpha value is -2.03. The molecule has 1 aliphatic rings. The van der Waals surface area contributed by atoms with E-state index in [1.165, 1.54) is 0 Å². The number of hydrogen-bond acceptors (Lipinski definition) is 4. The maximum atomic E-state index is 13.2. The molecule has 0 amide bonds. The van der Waals surface area contributed by atoms with Crippen molar-refractivity contribution in [1.82, 2.24) is 0 Å². The number of azide groups is 1. The molecule has 0 N–H and O–H groups in total. The summed E-state index contributed by atoms with van der Waals surface area (Å²) in [4.78, 5) is 16.8. The zero-order valence-corrected chi connectivity index (χ0v) is 10.6. The lowest BCUT2D eigenvalue weighted by atomic mass is 10.1. The van der Waals surface area contributed by atoms with Gasteiger partial charge in [0.25, 0.3) is 0 Å². The monoisotopic (exact) mass is 360 g/mol. The number of hydrogen-bond donors (Lipinski definition) is 0. The molecule has 10 heteroatoms. The first-order chi connectivity index (χ1) is 8.54. The van der Waals surface area contributed by atoms with E-state index in [9.17, 15) is 9.18 Å². The van der Waals surface area contributed by atoms with E-state index in [1.807, 2.05) is 0 Å². The van der Waals surface area contributed by atoms with Gasteiger partial charge < -0.3 is 4.74 Å². The number of nitrogens with zero attached hydrogens (tertiary/aromatic N) is 6. The second-order valence-electron chi connectivity index (χ2n) is 3.18. The number of ketones is 1. The maximum absolute atomic E-state index is 13.2. The van der Waals surface area contributed by atoms with Crippen LogP contribution in [0.1, 0.15) is 10.4 Å². The summed E-state index contributed by atoms with van der Waals surface area (Å²) in [7, 11) is 0. The van der Waals surface area contributed by atoms with Gasteiger partial charge in [0, 0.05) is 9.82 Å². The highest BCUT2D eigenvalue weighted by molar-refractivity contribution is 14.1. The standard InChI is InChI=1S/C8H2FIN6O2/c9-3-1-4-6(5(10)2-3)18-8(7(4)17,13-15-11)14-16-12/h1-2H. The number of fused-ring (bicyclic) bond motifs is 1. The molecule has 1 aromatic rings. The maximum Gasteiger partial charge on any atom is 0.328 e. The highest BCUT2D eigenvalue weighted by Gasteiger charge is 2.48. The molecule has 1 heterocycles. The van der Waals surface area contributed by atoms with Crippen molar-refractivity contribution in [1.29, 1.82) is 0 Å². The third-order valence-corrected chi connectivity index (χ3v) is 2.96. The van der Waals surface area contributed by atoms with Crippen LogP contribution in [0.3, 0.4) is 0 Å². The summed E-state index contributed by atoms with van der Waals surface area (Å²) in [6.07, 6.45) is 0. The zero-order valence-electron chi connectivity index (χ0n) is 8.41. The Bertz CT molecular complexity index is 631. The Morgan fingerprint density at radius 1 is 1.33 bits per heavy atom. The molecule has 1 aromatic carbocycles. The first kappa shape index (κ1) is 12.4. The number of carbonyl (C=O) groups is 1. The van der Waals surface area contributed by atoms with Crippen molar-refractivity contribution in [2.75, 3.05) is 0 Å². The van der Waals surface area contributed by atoms with Crippen LogP contribution in [0.2, 0.25) is 0 Å². The summed E-state index contributed by atoms with van der Waals surface area (Å²) >= 11 is 1.75. The van der Waals surface area contributed by atoms with Crippen molar-refractivity contribution in [3.63, 3.8) is 0 Å². The molecule has 0 saturated carbocycles. The summed E-state index contributed by atoms with van der Waals surface area (Å²) in [5.41, 5.74) is 16.7. The van der Waals surface area contributed by atoms with Crippen molar-refractivity contribution in [3.05, 3.63) is 48.0 Å². The molecule has 0 saturated heterocycles. The topological polar surface area (TPSA) is 124 Å². The average molecular weight is 360 g/mol. The summed E-state index contributed by atoms with van der Waals surface area (Å²) in [5, 5.41) is 6.15. The van der Waals surface area contributed by atoms with Crippen LogP contribution < -0.4 is 4.74 Å². The van der Waals surface area contributed by atoms with E-state index < -0.39 is 17.4 Å². The molecule has 90 valence electrons. The van der Waals surface area contributed by atoms with Crippen LogP contribution in [0, 0.1) is 9.39 Å². The molecule has 0 radical (unpaired) electrons.